The van der Waals surface area contributed by atoms with Crippen LogP contribution in [0, 0.1) is 0 Å². The molecule has 0 spiro atoms. The van der Waals surface area contributed by atoms with Crippen molar-refractivity contribution in [3.63, 3.8) is 0 Å². The van der Waals surface area contributed by atoms with Crippen molar-refractivity contribution in [2.24, 2.45) is 5.10 Å². The van der Waals surface area contributed by atoms with Crippen LogP contribution < -0.4 is 4.72 Å². The highest BCUT2D eigenvalue weighted by molar-refractivity contribution is 7.92. The molecule has 0 amide bonds. The van der Waals surface area contributed by atoms with Crippen LogP contribution in [0.3, 0.4) is 0 Å². The zero-order chi connectivity index (χ0) is 21.7. The highest BCUT2D eigenvalue weighted by atomic mass is 32.2. The van der Waals surface area contributed by atoms with Crippen LogP contribution in [0.2, 0.25) is 0 Å². The lowest BCUT2D eigenvalue weighted by Gasteiger charge is -2.22. The van der Waals surface area contributed by atoms with E-state index in [-0.39, 0.29) is 6.04 Å². The van der Waals surface area contributed by atoms with E-state index in [1.807, 2.05) is 25.0 Å². The van der Waals surface area contributed by atoms with Gasteiger partial charge >= 0.3 is 0 Å². The number of nitrogens with one attached hydrogen (secondary N) is 1. The lowest BCUT2D eigenvalue weighted by Crippen LogP contribution is -2.18. The zero-order valence-electron chi connectivity index (χ0n) is 16.8. The maximum absolute atomic E-state index is 11.4. The van der Waals surface area contributed by atoms with Crippen LogP contribution in [0.1, 0.15) is 30.5 Å². The second kappa shape index (κ2) is 9.00. The van der Waals surface area contributed by atoms with Crippen molar-refractivity contribution in [1.82, 2.24) is 15.0 Å². The summed E-state index contributed by atoms with van der Waals surface area (Å²) in [6, 6.07) is 13.6. The number of anilines is 1. The van der Waals surface area contributed by atoms with Crippen molar-refractivity contribution in [1.29, 1.82) is 0 Å². The van der Waals surface area contributed by atoms with Crippen molar-refractivity contribution in [2.45, 2.75) is 19.4 Å². The van der Waals surface area contributed by atoms with Gasteiger partial charge in [-0.15, -0.1) is 0 Å². The molecule has 0 fully saturated rings. The highest BCUT2D eigenvalue weighted by Crippen LogP contribution is 2.33. The smallest absolute Gasteiger partial charge is 0.229 e. The summed E-state index contributed by atoms with van der Waals surface area (Å²) in [5, 5.41) is 6.87. The molecule has 3 aromatic rings. The SMILES string of the molecule is C=O.CCN1N=C(c2ccc(NS(C)(=O)=O)cc2)CC1c1ccc2nccnc2c1. The number of rotatable bonds is 5. The molecule has 1 atom stereocenters. The predicted octanol–water partition coefficient (Wildman–Crippen LogP) is 2.99. The van der Waals surface area contributed by atoms with Crippen molar-refractivity contribution < 1.29 is 13.2 Å². The Kier molecular flexibility index (Phi) is 6.41. The topological polar surface area (TPSA) is 105 Å². The molecule has 4 rings (SSSR count). The van der Waals surface area contributed by atoms with Gasteiger partial charge in [-0.25, -0.2) is 8.42 Å². The first-order valence-corrected chi connectivity index (χ1v) is 11.2. The van der Waals surface area contributed by atoms with Crippen molar-refractivity contribution in [2.75, 3.05) is 17.5 Å². The number of carbonyl (C=O) groups is 1. The Morgan fingerprint density at radius 3 is 2.37 bits per heavy atom. The van der Waals surface area contributed by atoms with Crippen LogP contribution in [0.25, 0.3) is 11.0 Å². The third-order valence-electron chi connectivity index (χ3n) is 4.72. The van der Waals surface area contributed by atoms with Gasteiger partial charge in [0, 0.05) is 31.0 Å². The van der Waals surface area contributed by atoms with E-state index in [1.54, 1.807) is 24.5 Å². The van der Waals surface area contributed by atoms with Gasteiger partial charge in [-0.1, -0.05) is 18.2 Å². The predicted molar refractivity (Wildman–Crippen MR) is 118 cm³/mol. The average molecular weight is 426 g/mol. The summed E-state index contributed by atoms with van der Waals surface area (Å²) in [6.07, 6.45) is 5.31. The van der Waals surface area contributed by atoms with E-state index in [2.05, 4.69) is 38.8 Å². The Bertz CT molecular complexity index is 1160. The summed E-state index contributed by atoms with van der Waals surface area (Å²) in [4.78, 5) is 16.7. The van der Waals surface area contributed by atoms with E-state index in [4.69, 9.17) is 9.90 Å². The number of hydrogen-bond donors (Lipinski definition) is 1. The molecular weight excluding hydrogens is 402 g/mol. The van der Waals surface area contributed by atoms with Crippen molar-refractivity contribution in [3.8, 4) is 0 Å². The molecule has 1 aliphatic rings. The van der Waals surface area contributed by atoms with Gasteiger partial charge in [0.2, 0.25) is 10.0 Å². The summed E-state index contributed by atoms with van der Waals surface area (Å²) in [7, 11) is -3.28. The minimum atomic E-state index is -3.28. The summed E-state index contributed by atoms with van der Waals surface area (Å²) in [5.74, 6) is 0. The normalized spacial score (nSPS) is 16.0. The van der Waals surface area contributed by atoms with Crippen molar-refractivity contribution in [3.05, 3.63) is 66.0 Å². The summed E-state index contributed by atoms with van der Waals surface area (Å²) >= 11 is 0. The largest absolute Gasteiger partial charge is 0.307 e. The minimum Gasteiger partial charge on any atom is -0.307 e. The maximum atomic E-state index is 11.4. The molecule has 9 heteroatoms. The van der Waals surface area contributed by atoms with Gasteiger partial charge in [0.15, 0.2) is 0 Å². The lowest BCUT2D eigenvalue weighted by atomic mass is 9.98. The standard InChI is InChI=1S/C20H21N5O2S.CH2O/c1-3-25-20(15-6-9-17-19(12-15)22-11-10-21-17)13-18(23-25)14-4-7-16(8-5-14)24-28(2,26)27;1-2/h4-12,20,24H,3,13H2,1-2H3;1H2. The highest BCUT2D eigenvalue weighted by Gasteiger charge is 2.28. The molecule has 30 heavy (non-hydrogen) atoms. The van der Waals surface area contributed by atoms with E-state index in [0.29, 0.717) is 5.69 Å². The van der Waals surface area contributed by atoms with E-state index in [1.165, 1.54) is 0 Å². The number of sulfonamides is 1. The summed E-state index contributed by atoms with van der Waals surface area (Å²) < 4.78 is 25.2. The fraction of sp³-hybridized carbons (Fsp3) is 0.238. The molecule has 1 N–H and O–H groups in total. The van der Waals surface area contributed by atoms with E-state index >= 15 is 0 Å². The molecule has 0 aliphatic carbocycles. The van der Waals surface area contributed by atoms with Crippen molar-refractivity contribution >= 4 is 39.2 Å². The average Bonchev–Trinajstić information content (AvgIpc) is 3.19. The van der Waals surface area contributed by atoms with Gasteiger partial charge < -0.3 is 4.79 Å². The van der Waals surface area contributed by atoms with Gasteiger partial charge in [0.05, 0.1) is 29.0 Å². The second-order valence-corrected chi connectivity index (χ2v) is 8.53. The molecule has 2 aromatic carbocycles. The van der Waals surface area contributed by atoms with Gasteiger partial charge in [-0.2, -0.15) is 5.10 Å². The first kappa shape index (κ1) is 21.4. The molecule has 1 aliphatic heterocycles. The van der Waals surface area contributed by atoms with Crippen LogP contribution in [-0.4, -0.2) is 48.7 Å². The second-order valence-electron chi connectivity index (χ2n) is 6.78. The Balaban J connectivity index is 0.00000124. The number of hydrogen-bond acceptors (Lipinski definition) is 7. The number of nitrogens with zero attached hydrogens (tertiary/aromatic N) is 4. The van der Waals surface area contributed by atoms with E-state index < -0.39 is 10.0 Å². The molecule has 0 saturated carbocycles. The van der Waals surface area contributed by atoms with Gasteiger partial charge in [-0.3, -0.25) is 19.7 Å². The molecule has 0 bridgehead atoms. The van der Waals surface area contributed by atoms with E-state index in [9.17, 15) is 8.42 Å². The fourth-order valence-corrected chi connectivity index (χ4v) is 4.01. The quantitative estimate of drug-likeness (QED) is 0.674. The van der Waals surface area contributed by atoms with Crippen LogP contribution >= 0.6 is 0 Å². The molecule has 1 aromatic heterocycles. The van der Waals surface area contributed by atoms with E-state index in [0.717, 1.165) is 47.1 Å². The van der Waals surface area contributed by atoms with Gasteiger partial charge in [0.1, 0.15) is 6.79 Å². The third-order valence-corrected chi connectivity index (χ3v) is 5.33. The summed E-state index contributed by atoms with van der Waals surface area (Å²) in [5.41, 5.74) is 5.42. The molecule has 156 valence electrons. The molecule has 0 radical (unpaired) electrons. The lowest BCUT2D eigenvalue weighted by molar-refractivity contribution is -0.0979. The number of carbonyl (C=O) groups excluding carboxylic acids is 1. The first-order chi connectivity index (χ1) is 14.4. The Morgan fingerprint density at radius 2 is 1.73 bits per heavy atom. The van der Waals surface area contributed by atoms with Gasteiger partial charge in [0.25, 0.3) is 0 Å². The fourth-order valence-electron chi connectivity index (χ4n) is 3.44. The Morgan fingerprint density at radius 1 is 1.07 bits per heavy atom. The van der Waals surface area contributed by atoms with Gasteiger partial charge in [-0.05, 0) is 42.3 Å². The zero-order valence-corrected chi connectivity index (χ0v) is 17.6. The van der Waals surface area contributed by atoms with Crippen LogP contribution in [-0.2, 0) is 14.8 Å². The van der Waals surface area contributed by atoms with Crippen LogP contribution in [0.4, 0.5) is 5.69 Å². The molecule has 0 saturated heterocycles. The minimum absolute atomic E-state index is 0.139. The molecule has 1 unspecified atom stereocenters. The van der Waals surface area contributed by atoms with Crippen LogP contribution in [0.5, 0.6) is 0 Å². The maximum Gasteiger partial charge on any atom is 0.229 e. The Labute approximate surface area is 175 Å². The van der Waals surface area contributed by atoms with Crippen LogP contribution in [0.15, 0.2) is 60.0 Å². The number of aromatic nitrogens is 2. The number of hydrazone groups is 1. The Hall–Kier alpha value is -3.33. The monoisotopic (exact) mass is 425 g/mol. The first-order valence-electron chi connectivity index (χ1n) is 9.35. The third kappa shape index (κ3) is 4.80. The number of fused-ring (bicyclic) bond motifs is 1. The molecule has 8 nitrogen and oxygen atoms in total. The summed E-state index contributed by atoms with van der Waals surface area (Å²) in [6.45, 7) is 4.87. The molecule has 2 heterocycles. The molecular formula is C21H23N5O3S. The number of benzene rings is 2.